The third-order valence-electron chi connectivity index (χ3n) is 7.11. The van der Waals surface area contributed by atoms with Crippen molar-refractivity contribution in [2.75, 3.05) is 13.1 Å². The van der Waals surface area contributed by atoms with Crippen molar-refractivity contribution in [1.29, 1.82) is 0 Å². The average molecular weight is 467 g/mol. The quantitative estimate of drug-likeness (QED) is 0.621. The molecule has 2 fully saturated rings. The van der Waals surface area contributed by atoms with Gasteiger partial charge in [-0.3, -0.25) is 19.5 Å². The smallest absolute Gasteiger partial charge is 0.325 e. The van der Waals surface area contributed by atoms with Gasteiger partial charge in [-0.05, 0) is 69.6 Å². The lowest BCUT2D eigenvalue weighted by atomic mass is 9.73. The molecule has 8 nitrogen and oxygen atoms in total. The van der Waals surface area contributed by atoms with E-state index in [-0.39, 0.29) is 30.3 Å². The number of aromatic nitrogens is 1. The summed E-state index contributed by atoms with van der Waals surface area (Å²) >= 11 is 0. The summed E-state index contributed by atoms with van der Waals surface area (Å²) in [5.74, 6) is 1.50. The summed E-state index contributed by atoms with van der Waals surface area (Å²) in [5, 5.41) is 3.09. The van der Waals surface area contributed by atoms with Crippen LogP contribution in [-0.2, 0) is 11.3 Å². The number of hydrogen-bond donors (Lipinski definition) is 1. The molecule has 4 amide bonds. The Labute approximate surface area is 200 Å². The molecule has 0 aromatic carbocycles. The number of rotatable bonds is 7. The summed E-state index contributed by atoms with van der Waals surface area (Å²) in [6.45, 7) is 9.12. The number of amides is 4. The molecule has 2 aromatic heterocycles. The fraction of sp³-hybridized carbons (Fsp3) is 0.538. The second-order valence-electron chi connectivity index (χ2n) is 9.94. The van der Waals surface area contributed by atoms with Crippen molar-refractivity contribution >= 4 is 17.8 Å². The number of hydrogen-bond acceptors (Lipinski definition) is 5. The van der Waals surface area contributed by atoms with E-state index < -0.39 is 5.54 Å². The molecule has 0 bridgehead atoms. The second-order valence-corrected chi connectivity index (χ2v) is 9.94. The van der Waals surface area contributed by atoms with Gasteiger partial charge in [0.2, 0.25) is 0 Å². The number of carbonyl (C=O) groups excluding carboxylic acids is 3. The Morgan fingerprint density at radius 3 is 2.56 bits per heavy atom. The molecule has 0 saturated carbocycles. The topological polar surface area (TPSA) is 95.8 Å². The third kappa shape index (κ3) is 4.58. The number of nitrogens with zero attached hydrogens (tertiary/aromatic N) is 3. The highest BCUT2D eigenvalue weighted by molar-refractivity contribution is 6.07. The van der Waals surface area contributed by atoms with E-state index in [1.165, 1.54) is 4.90 Å². The van der Waals surface area contributed by atoms with Crippen molar-refractivity contribution in [3.63, 3.8) is 0 Å². The normalized spacial score (nSPS) is 21.4. The van der Waals surface area contributed by atoms with Gasteiger partial charge < -0.3 is 14.6 Å². The van der Waals surface area contributed by atoms with Crippen LogP contribution in [0.15, 0.2) is 34.9 Å². The van der Waals surface area contributed by atoms with Crippen LogP contribution in [-0.4, -0.2) is 51.3 Å². The Kier molecular flexibility index (Phi) is 6.77. The number of pyridine rings is 1. The van der Waals surface area contributed by atoms with Crippen LogP contribution in [0.2, 0.25) is 0 Å². The van der Waals surface area contributed by atoms with Crippen LogP contribution in [0.1, 0.15) is 67.1 Å². The van der Waals surface area contributed by atoms with Gasteiger partial charge in [0.05, 0.1) is 17.8 Å². The second kappa shape index (κ2) is 9.60. The molecule has 182 valence electrons. The van der Waals surface area contributed by atoms with E-state index in [4.69, 9.17) is 4.42 Å². The largest absolute Gasteiger partial charge is 0.466 e. The van der Waals surface area contributed by atoms with Crippen molar-refractivity contribution in [1.82, 2.24) is 20.1 Å². The van der Waals surface area contributed by atoms with Crippen molar-refractivity contribution in [2.45, 2.75) is 65.5 Å². The first-order chi connectivity index (χ1) is 16.2. The molecule has 1 N–H and O–H groups in total. The molecule has 0 radical (unpaired) electrons. The summed E-state index contributed by atoms with van der Waals surface area (Å²) in [6.07, 6.45) is 4.39. The number of carbonyl (C=O) groups is 3. The van der Waals surface area contributed by atoms with E-state index >= 15 is 0 Å². The van der Waals surface area contributed by atoms with Crippen LogP contribution in [0.4, 0.5) is 4.79 Å². The zero-order chi connectivity index (χ0) is 24.5. The van der Waals surface area contributed by atoms with Gasteiger partial charge in [-0.15, -0.1) is 0 Å². The average Bonchev–Trinajstić information content (AvgIpc) is 3.28. The van der Waals surface area contributed by atoms with Crippen LogP contribution < -0.4 is 5.32 Å². The Hall–Kier alpha value is -3.16. The highest BCUT2D eigenvalue weighted by Crippen LogP contribution is 2.38. The molecule has 1 atom stereocenters. The van der Waals surface area contributed by atoms with Crippen LogP contribution in [0.5, 0.6) is 0 Å². The lowest BCUT2D eigenvalue weighted by Crippen LogP contribution is -2.56. The molecule has 2 aromatic rings. The molecule has 4 heterocycles. The maximum atomic E-state index is 13.8. The summed E-state index contributed by atoms with van der Waals surface area (Å²) in [7, 11) is 0. The minimum absolute atomic E-state index is 0.0346. The molecule has 2 saturated heterocycles. The number of imide groups is 1. The van der Waals surface area contributed by atoms with Gasteiger partial charge in [-0.2, -0.15) is 0 Å². The number of likely N-dealkylation sites (tertiary alicyclic amines) is 1. The van der Waals surface area contributed by atoms with Crippen LogP contribution in [0.3, 0.4) is 0 Å². The zero-order valence-corrected chi connectivity index (χ0v) is 20.5. The predicted octanol–water partition coefficient (Wildman–Crippen LogP) is 4.07. The fourth-order valence-corrected chi connectivity index (χ4v) is 5.20. The Morgan fingerprint density at radius 2 is 1.97 bits per heavy atom. The molecule has 2 aliphatic rings. The van der Waals surface area contributed by atoms with Crippen LogP contribution in [0, 0.1) is 25.7 Å². The van der Waals surface area contributed by atoms with E-state index in [1.807, 2.05) is 30.0 Å². The maximum Gasteiger partial charge on any atom is 0.325 e. The number of nitrogens with one attached hydrogen (secondary N) is 1. The van der Waals surface area contributed by atoms with Crippen molar-refractivity contribution < 1.29 is 18.8 Å². The predicted molar refractivity (Wildman–Crippen MR) is 127 cm³/mol. The summed E-state index contributed by atoms with van der Waals surface area (Å²) < 4.78 is 5.54. The van der Waals surface area contributed by atoms with Crippen molar-refractivity contribution in [2.24, 2.45) is 11.8 Å². The van der Waals surface area contributed by atoms with Gasteiger partial charge in [0.1, 0.15) is 17.1 Å². The van der Waals surface area contributed by atoms with Crippen LogP contribution in [0.25, 0.3) is 0 Å². The fourth-order valence-electron chi connectivity index (χ4n) is 5.20. The highest BCUT2D eigenvalue weighted by atomic mass is 16.3. The van der Waals surface area contributed by atoms with Gasteiger partial charge in [0.15, 0.2) is 0 Å². The van der Waals surface area contributed by atoms with Crippen molar-refractivity contribution in [3.05, 3.63) is 53.2 Å². The summed E-state index contributed by atoms with van der Waals surface area (Å²) in [5.41, 5.74) is 0.335. The summed E-state index contributed by atoms with van der Waals surface area (Å²) in [4.78, 5) is 47.2. The highest BCUT2D eigenvalue weighted by Gasteiger charge is 2.55. The zero-order valence-electron chi connectivity index (χ0n) is 20.5. The minimum Gasteiger partial charge on any atom is -0.466 e. The van der Waals surface area contributed by atoms with E-state index in [0.29, 0.717) is 55.3 Å². The first-order valence-electron chi connectivity index (χ1n) is 12.1. The molecule has 2 aliphatic heterocycles. The lowest BCUT2D eigenvalue weighted by Gasteiger charge is -2.41. The van der Waals surface area contributed by atoms with Gasteiger partial charge in [-0.1, -0.05) is 19.9 Å². The SMILES string of the molecule is Cc1cc(C(=O)N2CCC(C3(CCC(C)C)NC(=O)N(Cc4ccccn4)C3=O)CC2)c(C)o1. The first kappa shape index (κ1) is 24.0. The van der Waals surface area contributed by atoms with Gasteiger partial charge in [0.25, 0.3) is 11.8 Å². The number of furan rings is 1. The molecule has 4 rings (SSSR count). The third-order valence-corrected chi connectivity index (χ3v) is 7.11. The number of urea groups is 1. The summed E-state index contributed by atoms with van der Waals surface area (Å²) in [6, 6.07) is 6.90. The molecule has 8 heteroatoms. The monoisotopic (exact) mass is 466 g/mol. The molecule has 0 spiro atoms. The number of aryl methyl sites for hydroxylation is 2. The van der Waals surface area contributed by atoms with Crippen molar-refractivity contribution in [3.8, 4) is 0 Å². The van der Waals surface area contributed by atoms with Gasteiger partial charge in [-0.25, -0.2) is 4.79 Å². The molecule has 34 heavy (non-hydrogen) atoms. The van der Waals surface area contributed by atoms with Gasteiger partial charge in [0, 0.05) is 19.3 Å². The molecular weight excluding hydrogens is 432 g/mol. The van der Waals surface area contributed by atoms with Crippen LogP contribution >= 0.6 is 0 Å². The molecule has 0 aliphatic carbocycles. The maximum absolute atomic E-state index is 13.8. The Bertz CT molecular complexity index is 1060. The molecule has 1 unspecified atom stereocenters. The van der Waals surface area contributed by atoms with E-state index in [0.717, 1.165) is 12.2 Å². The van der Waals surface area contributed by atoms with E-state index in [9.17, 15) is 14.4 Å². The Balaban J connectivity index is 1.51. The van der Waals surface area contributed by atoms with E-state index in [2.05, 4.69) is 24.1 Å². The minimum atomic E-state index is -0.937. The Morgan fingerprint density at radius 1 is 1.24 bits per heavy atom. The van der Waals surface area contributed by atoms with E-state index in [1.54, 1.807) is 19.2 Å². The van der Waals surface area contributed by atoms with Gasteiger partial charge >= 0.3 is 6.03 Å². The molecular formula is C26H34N4O4. The lowest BCUT2D eigenvalue weighted by molar-refractivity contribution is -0.134. The first-order valence-corrected chi connectivity index (χ1v) is 12.1. The number of piperidine rings is 1. The standard InChI is InChI=1S/C26H34N4O4/c1-17(2)8-11-26(24(32)30(25(33)28-26)16-21-7-5-6-12-27-21)20-9-13-29(14-10-20)23(31)22-15-18(3)34-19(22)4/h5-7,12,15,17,20H,8-11,13-14,16H2,1-4H3,(H,28,33).